The highest BCUT2D eigenvalue weighted by Gasteiger charge is 2.10. The molecule has 0 aromatic heterocycles. The smallest absolute Gasteiger partial charge is 0.252 e. The molecule has 208 valence electrons. The second-order valence-corrected chi connectivity index (χ2v) is 9.25. The van der Waals surface area contributed by atoms with Gasteiger partial charge in [-0.3, -0.25) is 4.79 Å². The van der Waals surface area contributed by atoms with E-state index in [0.29, 0.717) is 44.2 Å². The van der Waals surface area contributed by atoms with Crippen molar-refractivity contribution >= 4 is 5.91 Å². The Kier molecular flexibility index (Phi) is 10.4. The van der Waals surface area contributed by atoms with Gasteiger partial charge in [-0.15, -0.1) is 0 Å². The number of aliphatic hydroxyl groups excluding tert-OH is 1. The third-order valence-corrected chi connectivity index (χ3v) is 6.20. The molecule has 1 amide bonds. The third-order valence-electron chi connectivity index (χ3n) is 6.20. The van der Waals surface area contributed by atoms with Crippen molar-refractivity contribution < 1.29 is 29.2 Å². The van der Waals surface area contributed by atoms with Crippen LogP contribution in [-0.4, -0.2) is 42.0 Å². The highest BCUT2D eigenvalue weighted by atomic mass is 16.5. The lowest BCUT2D eigenvalue weighted by Gasteiger charge is -2.15. The van der Waals surface area contributed by atoms with Crippen molar-refractivity contribution in [2.75, 3.05) is 19.8 Å². The standard InChI is InChI=1S/C32H34N2O6/c33-32(37)30-18-29(14-15-31(30)36)38-17-16-24-8-4-5-9-25(24)19-34-20-26(35)22-40-28-12-10-27(11-13-28)39-21-23-6-2-1-3-7-23/h1-15,18,26,34-36H,16-17,19-22H2,(H2,33,37). The molecular weight excluding hydrogens is 508 g/mol. The summed E-state index contributed by atoms with van der Waals surface area (Å²) in [6.07, 6.45) is -0.0418. The van der Waals surface area contributed by atoms with Crippen LogP contribution in [0.5, 0.6) is 23.0 Å². The van der Waals surface area contributed by atoms with Gasteiger partial charge in [-0.2, -0.15) is 0 Å². The number of primary amides is 1. The summed E-state index contributed by atoms with van der Waals surface area (Å²) in [7, 11) is 0. The van der Waals surface area contributed by atoms with Crippen LogP contribution in [0.3, 0.4) is 0 Å². The van der Waals surface area contributed by atoms with E-state index >= 15 is 0 Å². The number of nitrogens with one attached hydrogen (secondary N) is 1. The number of aromatic hydroxyl groups is 1. The van der Waals surface area contributed by atoms with Gasteiger partial charge in [0.05, 0.1) is 12.2 Å². The summed E-state index contributed by atoms with van der Waals surface area (Å²) in [6, 6.07) is 29.7. The minimum atomic E-state index is -0.714. The second kappa shape index (κ2) is 14.6. The van der Waals surface area contributed by atoms with Crippen molar-refractivity contribution in [2.45, 2.75) is 25.7 Å². The van der Waals surface area contributed by atoms with Crippen molar-refractivity contribution in [3.8, 4) is 23.0 Å². The van der Waals surface area contributed by atoms with Gasteiger partial charge in [0.1, 0.15) is 42.3 Å². The first-order valence-electron chi connectivity index (χ1n) is 13.1. The predicted octanol–water partition coefficient (Wildman–Crippen LogP) is 4.22. The zero-order valence-corrected chi connectivity index (χ0v) is 22.2. The summed E-state index contributed by atoms with van der Waals surface area (Å²) < 4.78 is 17.3. The third kappa shape index (κ3) is 8.76. The number of hydrogen-bond donors (Lipinski definition) is 4. The highest BCUT2D eigenvalue weighted by Crippen LogP contribution is 2.23. The number of phenols is 1. The molecule has 0 heterocycles. The molecule has 0 saturated heterocycles. The monoisotopic (exact) mass is 542 g/mol. The van der Waals surface area contributed by atoms with Gasteiger partial charge < -0.3 is 35.5 Å². The van der Waals surface area contributed by atoms with Crippen molar-refractivity contribution in [1.82, 2.24) is 5.32 Å². The molecule has 8 heteroatoms. The Balaban J connectivity index is 1.17. The van der Waals surface area contributed by atoms with E-state index in [0.717, 1.165) is 22.4 Å². The lowest BCUT2D eigenvalue weighted by molar-refractivity contribution is 0.0997. The van der Waals surface area contributed by atoms with Gasteiger partial charge in [0, 0.05) is 19.5 Å². The minimum absolute atomic E-state index is 0.0227. The van der Waals surface area contributed by atoms with Gasteiger partial charge in [-0.25, -0.2) is 0 Å². The Bertz CT molecular complexity index is 1360. The lowest BCUT2D eigenvalue weighted by Crippen LogP contribution is -2.31. The number of amides is 1. The molecule has 0 fully saturated rings. The van der Waals surface area contributed by atoms with E-state index in [4.69, 9.17) is 19.9 Å². The van der Waals surface area contributed by atoms with Crippen LogP contribution in [0.25, 0.3) is 0 Å². The molecule has 1 unspecified atom stereocenters. The van der Waals surface area contributed by atoms with E-state index in [2.05, 4.69) is 5.32 Å². The molecule has 1 atom stereocenters. The number of nitrogens with two attached hydrogens (primary N) is 1. The zero-order chi connectivity index (χ0) is 28.2. The van der Waals surface area contributed by atoms with Crippen LogP contribution >= 0.6 is 0 Å². The molecule has 0 saturated carbocycles. The van der Waals surface area contributed by atoms with Crippen molar-refractivity contribution in [1.29, 1.82) is 0 Å². The number of ether oxygens (including phenoxy) is 3. The van der Waals surface area contributed by atoms with Crippen LogP contribution in [0.1, 0.15) is 27.0 Å². The van der Waals surface area contributed by atoms with Crippen LogP contribution in [0, 0.1) is 0 Å². The SMILES string of the molecule is NC(=O)c1cc(OCCc2ccccc2CNCC(O)COc2ccc(OCc3ccccc3)cc2)ccc1O. The predicted molar refractivity (Wildman–Crippen MR) is 153 cm³/mol. The van der Waals surface area contributed by atoms with Gasteiger partial charge in [0.2, 0.25) is 0 Å². The van der Waals surface area contributed by atoms with E-state index in [9.17, 15) is 15.0 Å². The Hall–Kier alpha value is -4.53. The molecular formula is C32H34N2O6. The van der Waals surface area contributed by atoms with Crippen molar-refractivity contribution in [3.05, 3.63) is 119 Å². The fourth-order valence-corrected chi connectivity index (χ4v) is 4.05. The Morgan fingerprint density at radius 2 is 1.45 bits per heavy atom. The molecule has 0 spiro atoms. The first-order valence-corrected chi connectivity index (χ1v) is 13.1. The molecule has 4 aromatic rings. The number of carbonyl (C=O) groups is 1. The molecule has 0 radical (unpaired) electrons. The highest BCUT2D eigenvalue weighted by molar-refractivity contribution is 5.95. The molecule has 40 heavy (non-hydrogen) atoms. The van der Waals surface area contributed by atoms with E-state index in [-0.39, 0.29) is 17.9 Å². The molecule has 4 rings (SSSR count). The van der Waals surface area contributed by atoms with E-state index < -0.39 is 12.0 Å². The fourth-order valence-electron chi connectivity index (χ4n) is 4.05. The van der Waals surface area contributed by atoms with Crippen molar-refractivity contribution in [2.24, 2.45) is 5.73 Å². The van der Waals surface area contributed by atoms with E-state index in [1.807, 2.05) is 78.9 Å². The van der Waals surface area contributed by atoms with Gasteiger partial charge in [0.25, 0.3) is 5.91 Å². The Morgan fingerprint density at radius 1 is 0.800 bits per heavy atom. The summed E-state index contributed by atoms with van der Waals surface area (Å²) in [5.41, 5.74) is 8.60. The number of benzene rings is 4. The molecule has 0 bridgehead atoms. The molecule has 8 nitrogen and oxygen atoms in total. The number of carbonyl (C=O) groups excluding carboxylic acids is 1. The Morgan fingerprint density at radius 3 is 2.17 bits per heavy atom. The van der Waals surface area contributed by atoms with Gasteiger partial charge in [-0.1, -0.05) is 54.6 Å². The summed E-state index contributed by atoms with van der Waals surface area (Å²) >= 11 is 0. The number of rotatable bonds is 15. The van der Waals surface area contributed by atoms with Crippen LogP contribution in [0.4, 0.5) is 0 Å². The maximum atomic E-state index is 11.4. The summed E-state index contributed by atoms with van der Waals surface area (Å²) in [5, 5.41) is 23.4. The maximum Gasteiger partial charge on any atom is 0.252 e. The van der Waals surface area contributed by atoms with Gasteiger partial charge >= 0.3 is 0 Å². The molecule has 4 aromatic carbocycles. The summed E-state index contributed by atoms with van der Waals surface area (Å²) in [5.74, 6) is 0.980. The van der Waals surface area contributed by atoms with E-state index in [1.54, 1.807) is 6.07 Å². The average Bonchev–Trinajstić information content (AvgIpc) is 2.97. The van der Waals surface area contributed by atoms with Crippen LogP contribution in [-0.2, 0) is 19.6 Å². The number of hydrogen-bond acceptors (Lipinski definition) is 7. The summed E-state index contributed by atoms with van der Waals surface area (Å²) in [6.45, 7) is 1.98. The number of aliphatic hydroxyl groups is 1. The lowest BCUT2D eigenvalue weighted by atomic mass is 10.0. The molecule has 0 aliphatic carbocycles. The molecule has 0 aliphatic heterocycles. The molecule has 0 aliphatic rings. The van der Waals surface area contributed by atoms with Crippen LogP contribution in [0.15, 0.2) is 97.1 Å². The second-order valence-electron chi connectivity index (χ2n) is 9.25. The Labute approximate surface area is 234 Å². The maximum absolute atomic E-state index is 11.4. The van der Waals surface area contributed by atoms with Crippen molar-refractivity contribution in [3.63, 3.8) is 0 Å². The average molecular weight is 543 g/mol. The van der Waals surface area contributed by atoms with E-state index in [1.165, 1.54) is 12.1 Å². The quantitative estimate of drug-likeness (QED) is 0.177. The molecule has 5 N–H and O–H groups in total. The van der Waals surface area contributed by atoms with Crippen LogP contribution < -0.4 is 25.3 Å². The normalized spacial score (nSPS) is 11.5. The topological polar surface area (TPSA) is 123 Å². The fraction of sp³-hybridized carbons (Fsp3) is 0.219. The van der Waals surface area contributed by atoms with Gasteiger partial charge in [0.15, 0.2) is 0 Å². The first kappa shape index (κ1) is 28.5. The first-order chi connectivity index (χ1) is 19.5. The zero-order valence-electron chi connectivity index (χ0n) is 22.2. The van der Waals surface area contributed by atoms with Gasteiger partial charge in [-0.05, 0) is 59.2 Å². The largest absolute Gasteiger partial charge is 0.507 e. The van der Waals surface area contributed by atoms with Crippen LogP contribution in [0.2, 0.25) is 0 Å². The summed E-state index contributed by atoms with van der Waals surface area (Å²) in [4.78, 5) is 11.4. The minimum Gasteiger partial charge on any atom is -0.507 e.